The molecule has 2 rings (SSSR count). The molecule has 1 aliphatic rings. The molecule has 2 unspecified atom stereocenters. The molecule has 0 bridgehead atoms. The van der Waals surface area contributed by atoms with Gasteiger partial charge in [0, 0.05) is 12.1 Å². The van der Waals surface area contributed by atoms with Gasteiger partial charge in [0.2, 0.25) is 5.91 Å². The minimum Gasteiger partial charge on any atom is -0.449 e. The second kappa shape index (κ2) is 7.46. The number of likely N-dealkylation sites (tertiary alicyclic amines) is 1. The largest absolute Gasteiger partial charge is 0.449 e. The van der Waals surface area contributed by atoms with E-state index >= 15 is 0 Å². The number of anilines is 1. The lowest BCUT2D eigenvalue weighted by Crippen LogP contribution is -2.43. The van der Waals surface area contributed by atoms with E-state index in [1.807, 2.05) is 39.0 Å². The molecule has 1 fully saturated rings. The van der Waals surface area contributed by atoms with Crippen LogP contribution in [-0.2, 0) is 9.53 Å². The molecular formula is C17H24N2O4. The molecule has 6 heteroatoms. The molecule has 1 aromatic carbocycles. The highest BCUT2D eigenvalue weighted by atomic mass is 16.6. The average Bonchev–Trinajstić information content (AvgIpc) is 2.87. The van der Waals surface area contributed by atoms with Gasteiger partial charge in [-0.3, -0.25) is 9.69 Å². The number of β-amino-alcohol motifs (C(OH)–C–C–N with tert-alkyl or cyclic N) is 1. The zero-order chi connectivity index (χ0) is 17.0. The van der Waals surface area contributed by atoms with Gasteiger partial charge in [0.15, 0.2) is 0 Å². The molecule has 0 aliphatic carbocycles. The third-order valence-corrected chi connectivity index (χ3v) is 3.64. The van der Waals surface area contributed by atoms with E-state index in [9.17, 15) is 14.7 Å². The number of benzene rings is 1. The summed E-state index contributed by atoms with van der Waals surface area (Å²) in [7, 11) is 0. The van der Waals surface area contributed by atoms with Gasteiger partial charge in [0.05, 0.1) is 19.3 Å². The summed E-state index contributed by atoms with van der Waals surface area (Å²) in [6.07, 6.45) is -1.05. The summed E-state index contributed by atoms with van der Waals surface area (Å²) in [5.41, 5.74) is 1.70. The van der Waals surface area contributed by atoms with Crippen molar-refractivity contribution in [1.29, 1.82) is 0 Å². The minimum atomic E-state index is -0.717. The maximum atomic E-state index is 12.5. The second-order valence-corrected chi connectivity index (χ2v) is 6.39. The van der Waals surface area contributed by atoms with Gasteiger partial charge in [-0.2, -0.15) is 0 Å². The van der Waals surface area contributed by atoms with Crippen molar-refractivity contribution in [3.8, 4) is 0 Å². The van der Waals surface area contributed by atoms with Crippen molar-refractivity contribution in [3.63, 3.8) is 0 Å². The van der Waals surface area contributed by atoms with Gasteiger partial charge < -0.3 is 15.2 Å². The highest BCUT2D eigenvalue weighted by Gasteiger charge is 2.39. The Morgan fingerprint density at radius 1 is 1.43 bits per heavy atom. The van der Waals surface area contributed by atoms with Crippen molar-refractivity contribution in [1.82, 2.24) is 4.90 Å². The zero-order valence-corrected chi connectivity index (χ0v) is 13.8. The SMILES string of the molecule is Cc1cccc(NC(=O)C2CC(O)CN2C(=O)OCC(C)C)c1. The van der Waals surface area contributed by atoms with Crippen LogP contribution < -0.4 is 5.32 Å². The van der Waals surface area contributed by atoms with Crippen molar-refractivity contribution in [2.45, 2.75) is 39.3 Å². The number of aryl methyl sites for hydroxylation is 1. The predicted molar refractivity (Wildman–Crippen MR) is 87.1 cm³/mol. The second-order valence-electron chi connectivity index (χ2n) is 6.39. The molecule has 0 spiro atoms. The van der Waals surface area contributed by atoms with Crippen molar-refractivity contribution >= 4 is 17.7 Å². The van der Waals surface area contributed by atoms with Gasteiger partial charge in [-0.05, 0) is 30.5 Å². The molecule has 0 saturated carbocycles. The number of carbonyl (C=O) groups excluding carboxylic acids is 2. The van der Waals surface area contributed by atoms with Crippen LogP contribution >= 0.6 is 0 Å². The maximum Gasteiger partial charge on any atom is 0.410 e. The Morgan fingerprint density at radius 3 is 2.83 bits per heavy atom. The third-order valence-electron chi connectivity index (χ3n) is 3.64. The number of ether oxygens (including phenoxy) is 1. The number of rotatable bonds is 4. The first-order valence-corrected chi connectivity index (χ1v) is 7.86. The lowest BCUT2D eigenvalue weighted by atomic mass is 10.1. The monoisotopic (exact) mass is 320 g/mol. The molecule has 126 valence electrons. The topological polar surface area (TPSA) is 78.9 Å². The van der Waals surface area contributed by atoms with Crippen molar-refractivity contribution in [2.24, 2.45) is 5.92 Å². The summed E-state index contributed by atoms with van der Waals surface area (Å²) in [6, 6.07) is 6.71. The Balaban J connectivity index is 2.03. The number of aliphatic hydroxyl groups is 1. The molecule has 6 nitrogen and oxygen atoms in total. The van der Waals surface area contributed by atoms with Gasteiger partial charge in [-0.25, -0.2) is 4.79 Å². The molecule has 2 atom stereocenters. The van der Waals surface area contributed by atoms with Crippen LogP contribution in [0.5, 0.6) is 0 Å². The summed E-state index contributed by atoms with van der Waals surface area (Å²) < 4.78 is 5.18. The number of nitrogens with zero attached hydrogens (tertiary/aromatic N) is 1. The van der Waals surface area contributed by atoms with Crippen LogP contribution in [0.25, 0.3) is 0 Å². The molecule has 2 N–H and O–H groups in total. The highest BCUT2D eigenvalue weighted by Crippen LogP contribution is 2.21. The van der Waals surface area contributed by atoms with E-state index in [4.69, 9.17) is 4.74 Å². The lowest BCUT2D eigenvalue weighted by molar-refractivity contribution is -0.120. The van der Waals surface area contributed by atoms with E-state index in [-0.39, 0.29) is 31.4 Å². The Hall–Kier alpha value is -2.08. The Labute approximate surface area is 136 Å². The minimum absolute atomic E-state index is 0.114. The summed E-state index contributed by atoms with van der Waals surface area (Å²) >= 11 is 0. The zero-order valence-electron chi connectivity index (χ0n) is 13.8. The van der Waals surface area contributed by atoms with E-state index in [0.29, 0.717) is 5.69 Å². The first-order chi connectivity index (χ1) is 10.9. The van der Waals surface area contributed by atoms with Gasteiger partial charge in [0.1, 0.15) is 6.04 Å². The quantitative estimate of drug-likeness (QED) is 0.891. The fraction of sp³-hybridized carbons (Fsp3) is 0.529. The van der Waals surface area contributed by atoms with E-state index in [1.165, 1.54) is 4.90 Å². The molecule has 23 heavy (non-hydrogen) atoms. The standard InChI is InChI=1S/C17H24N2O4/c1-11(2)10-23-17(22)19-9-14(20)8-15(19)16(21)18-13-6-4-5-12(3)7-13/h4-7,11,14-15,20H,8-10H2,1-3H3,(H,18,21). The van der Waals surface area contributed by atoms with Crippen LogP contribution in [0.4, 0.5) is 10.5 Å². The molecule has 1 aromatic rings. The first kappa shape index (κ1) is 17.3. The molecule has 1 saturated heterocycles. The van der Waals surface area contributed by atoms with E-state index in [0.717, 1.165) is 5.56 Å². The van der Waals surface area contributed by atoms with E-state index < -0.39 is 18.2 Å². The Bertz CT molecular complexity index is 573. The predicted octanol–water partition coefficient (Wildman–Crippen LogP) is 2.16. The number of nitrogens with one attached hydrogen (secondary N) is 1. The number of hydrogen-bond donors (Lipinski definition) is 2. The lowest BCUT2D eigenvalue weighted by Gasteiger charge is -2.23. The highest BCUT2D eigenvalue weighted by molar-refractivity contribution is 5.97. The van der Waals surface area contributed by atoms with Crippen LogP contribution in [0.1, 0.15) is 25.8 Å². The number of carbonyl (C=O) groups is 2. The summed E-state index contributed by atoms with van der Waals surface area (Å²) in [5, 5.41) is 12.6. The van der Waals surface area contributed by atoms with E-state index in [2.05, 4.69) is 5.32 Å². The fourth-order valence-electron chi connectivity index (χ4n) is 2.53. The van der Waals surface area contributed by atoms with Gasteiger partial charge in [-0.15, -0.1) is 0 Å². The summed E-state index contributed by atoms with van der Waals surface area (Å²) in [5.74, 6) is -0.0975. The molecule has 0 radical (unpaired) electrons. The number of amides is 2. The van der Waals surface area contributed by atoms with Crippen LogP contribution in [0, 0.1) is 12.8 Å². The molecule has 1 heterocycles. The first-order valence-electron chi connectivity index (χ1n) is 7.86. The van der Waals surface area contributed by atoms with Crippen LogP contribution in [0.3, 0.4) is 0 Å². The Kier molecular flexibility index (Phi) is 5.60. The van der Waals surface area contributed by atoms with Gasteiger partial charge in [-0.1, -0.05) is 26.0 Å². The van der Waals surface area contributed by atoms with Gasteiger partial charge in [0.25, 0.3) is 0 Å². The summed E-state index contributed by atoms with van der Waals surface area (Å²) in [6.45, 7) is 6.22. The smallest absolute Gasteiger partial charge is 0.410 e. The third kappa shape index (κ3) is 4.69. The average molecular weight is 320 g/mol. The Morgan fingerprint density at radius 2 is 2.17 bits per heavy atom. The molecular weight excluding hydrogens is 296 g/mol. The normalized spacial score (nSPS) is 20.7. The van der Waals surface area contributed by atoms with Crippen molar-refractivity contribution in [3.05, 3.63) is 29.8 Å². The van der Waals surface area contributed by atoms with Crippen LogP contribution in [0.15, 0.2) is 24.3 Å². The number of aliphatic hydroxyl groups excluding tert-OH is 1. The van der Waals surface area contributed by atoms with Crippen molar-refractivity contribution in [2.75, 3.05) is 18.5 Å². The molecule has 1 aliphatic heterocycles. The molecule has 2 amide bonds. The van der Waals surface area contributed by atoms with Crippen LogP contribution in [-0.4, -0.2) is 47.3 Å². The van der Waals surface area contributed by atoms with Gasteiger partial charge >= 0.3 is 6.09 Å². The van der Waals surface area contributed by atoms with Crippen LogP contribution in [0.2, 0.25) is 0 Å². The van der Waals surface area contributed by atoms with E-state index in [1.54, 1.807) is 6.07 Å². The number of hydrogen-bond acceptors (Lipinski definition) is 4. The fourth-order valence-corrected chi connectivity index (χ4v) is 2.53. The summed E-state index contributed by atoms with van der Waals surface area (Å²) in [4.78, 5) is 25.9. The maximum absolute atomic E-state index is 12.5. The van der Waals surface area contributed by atoms with Crippen molar-refractivity contribution < 1.29 is 19.4 Å². The molecule has 0 aromatic heterocycles.